The standard InChI is InChI=1S/C31H31N5O7/c37-25-13-12-22(33-29(40)27-21-10-5-4-9-20(21)14-15-32-27)30(41)36-24(11-6-16-35(25)36)28(39)34-23-17-26(38)43-31(23)42-18-19-7-2-1-3-8-19/h1-5,7-10,14-15,22-24,31H,6,11-13,16-18H2,(H,33,40)(H,34,39)/t22-,23-,24-,31+/m0/s1. The SMILES string of the molecule is O=C1C[C@H](NC(=O)[C@@H]2CCCN3C(=O)CC[C@H](NC(=O)c4nccc5ccccc45)C(=O)N23)[C@H](OCc2ccccc2)O1. The van der Waals surface area contributed by atoms with E-state index in [4.69, 9.17) is 9.47 Å². The Hall–Kier alpha value is -4.84. The summed E-state index contributed by atoms with van der Waals surface area (Å²) in [6.45, 7) is 0.447. The van der Waals surface area contributed by atoms with Crippen molar-refractivity contribution in [2.24, 2.45) is 0 Å². The van der Waals surface area contributed by atoms with Gasteiger partial charge in [0.05, 0.1) is 13.0 Å². The summed E-state index contributed by atoms with van der Waals surface area (Å²) in [4.78, 5) is 70.3. The molecule has 3 fully saturated rings. The molecule has 3 aliphatic heterocycles. The van der Waals surface area contributed by atoms with Crippen molar-refractivity contribution in [2.75, 3.05) is 6.54 Å². The van der Waals surface area contributed by atoms with Crippen LogP contribution in [-0.2, 0) is 35.3 Å². The van der Waals surface area contributed by atoms with Gasteiger partial charge in [0.1, 0.15) is 23.8 Å². The fourth-order valence-corrected chi connectivity index (χ4v) is 5.77. The van der Waals surface area contributed by atoms with E-state index in [-0.39, 0.29) is 44.0 Å². The molecule has 0 unspecified atom stereocenters. The van der Waals surface area contributed by atoms with E-state index in [1.807, 2.05) is 42.5 Å². The highest BCUT2D eigenvalue weighted by Crippen LogP contribution is 2.27. The summed E-state index contributed by atoms with van der Waals surface area (Å²) >= 11 is 0. The molecule has 43 heavy (non-hydrogen) atoms. The number of ether oxygens (including phenoxy) is 2. The van der Waals surface area contributed by atoms with Gasteiger partial charge in [0.25, 0.3) is 11.8 Å². The Morgan fingerprint density at radius 2 is 1.77 bits per heavy atom. The lowest BCUT2D eigenvalue weighted by molar-refractivity contribution is -0.177. The largest absolute Gasteiger partial charge is 0.433 e. The Balaban J connectivity index is 1.18. The number of fused-ring (bicyclic) bond motifs is 2. The van der Waals surface area contributed by atoms with Gasteiger partial charge in [-0.25, -0.2) is 5.01 Å². The minimum absolute atomic E-state index is 0.0187. The number of hydrazine groups is 1. The van der Waals surface area contributed by atoms with Gasteiger partial charge in [0.15, 0.2) is 0 Å². The molecule has 0 radical (unpaired) electrons. The van der Waals surface area contributed by atoms with E-state index < -0.39 is 48.1 Å². The van der Waals surface area contributed by atoms with E-state index in [1.54, 1.807) is 18.2 Å². The summed E-state index contributed by atoms with van der Waals surface area (Å²) in [6.07, 6.45) is 1.32. The number of benzene rings is 2. The highest BCUT2D eigenvalue weighted by atomic mass is 16.7. The maximum atomic E-state index is 13.9. The molecule has 0 bridgehead atoms. The molecule has 2 N–H and O–H groups in total. The first-order valence-corrected chi connectivity index (χ1v) is 14.3. The molecule has 12 nitrogen and oxygen atoms in total. The molecule has 0 spiro atoms. The Bertz CT molecular complexity index is 1560. The van der Waals surface area contributed by atoms with Gasteiger partial charge in [-0.3, -0.25) is 34.0 Å². The maximum Gasteiger partial charge on any atom is 0.310 e. The molecule has 3 saturated heterocycles. The van der Waals surface area contributed by atoms with Gasteiger partial charge in [-0.2, -0.15) is 0 Å². The van der Waals surface area contributed by atoms with Crippen LogP contribution in [0.2, 0.25) is 0 Å². The molecule has 3 aromatic rings. The number of hydrogen-bond donors (Lipinski definition) is 2. The molecule has 1 aromatic heterocycles. The van der Waals surface area contributed by atoms with Crippen LogP contribution in [0.1, 0.15) is 48.2 Å². The molecule has 3 aliphatic rings. The monoisotopic (exact) mass is 585 g/mol. The number of carbonyl (C=O) groups is 5. The van der Waals surface area contributed by atoms with Crippen molar-refractivity contribution in [1.82, 2.24) is 25.6 Å². The van der Waals surface area contributed by atoms with Gasteiger partial charge in [-0.05, 0) is 36.3 Å². The van der Waals surface area contributed by atoms with E-state index in [2.05, 4.69) is 15.6 Å². The fourth-order valence-electron chi connectivity index (χ4n) is 5.77. The molecule has 2 aromatic carbocycles. The maximum absolute atomic E-state index is 13.9. The van der Waals surface area contributed by atoms with E-state index in [1.165, 1.54) is 16.2 Å². The van der Waals surface area contributed by atoms with Gasteiger partial charge in [-0.1, -0.05) is 54.6 Å². The molecular formula is C31H31N5O7. The number of aromatic nitrogens is 1. The smallest absolute Gasteiger partial charge is 0.310 e. The molecule has 6 rings (SSSR count). The minimum atomic E-state index is -1.05. The normalized spacial score (nSPS) is 23.9. The van der Waals surface area contributed by atoms with Gasteiger partial charge in [0, 0.05) is 24.5 Å². The number of nitrogens with one attached hydrogen (secondary N) is 2. The molecule has 222 valence electrons. The van der Waals surface area contributed by atoms with Crippen molar-refractivity contribution in [2.45, 2.75) is 63.1 Å². The predicted molar refractivity (Wildman–Crippen MR) is 151 cm³/mol. The minimum Gasteiger partial charge on any atom is -0.433 e. The fraction of sp³-hybridized carbons (Fsp3) is 0.355. The molecule has 4 amide bonds. The summed E-state index contributed by atoms with van der Waals surface area (Å²) in [5.74, 6) is -2.47. The zero-order chi connectivity index (χ0) is 29.9. The molecule has 4 atom stereocenters. The highest BCUT2D eigenvalue weighted by Gasteiger charge is 2.46. The Morgan fingerprint density at radius 3 is 2.60 bits per heavy atom. The van der Waals surface area contributed by atoms with Crippen LogP contribution >= 0.6 is 0 Å². The van der Waals surface area contributed by atoms with Crippen molar-refractivity contribution in [3.8, 4) is 0 Å². The number of pyridine rings is 1. The van der Waals surface area contributed by atoms with E-state index in [0.717, 1.165) is 10.9 Å². The van der Waals surface area contributed by atoms with Crippen molar-refractivity contribution in [3.63, 3.8) is 0 Å². The first kappa shape index (κ1) is 28.3. The van der Waals surface area contributed by atoms with Crippen LogP contribution in [0.3, 0.4) is 0 Å². The van der Waals surface area contributed by atoms with Crippen LogP contribution in [0.15, 0.2) is 66.9 Å². The molecule has 4 heterocycles. The third kappa shape index (κ3) is 5.91. The highest BCUT2D eigenvalue weighted by molar-refractivity contribution is 6.07. The predicted octanol–water partition coefficient (Wildman–Crippen LogP) is 1.84. The lowest BCUT2D eigenvalue weighted by atomic mass is 10.0. The zero-order valence-electron chi connectivity index (χ0n) is 23.3. The van der Waals surface area contributed by atoms with Gasteiger partial charge >= 0.3 is 5.97 Å². The van der Waals surface area contributed by atoms with Crippen molar-refractivity contribution >= 4 is 40.4 Å². The summed E-state index contributed by atoms with van der Waals surface area (Å²) in [5, 5.41) is 9.51. The summed E-state index contributed by atoms with van der Waals surface area (Å²) in [7, 11) is 0. The van der Waals surface area contributed by atoms with Crippen LogP contribution in [0, 0.1) is 0 Å². The zero-order valence-corrected chi connectivity index (χ0v) is 23.3. The number of cyclic esters (lactones) is 1. The van der Waals surface area contributed by atoms with Crippen LogP contribution < -0.4 is 10.6 Å². The number of amides is 4. The van der Waals surface area contributed by atoms with E-state index in [0.29, 0.717) is 18.2 Å². The number of carbonyl (C=O) groups excluding carboxylic acids is 5. The second-order valence-electron chi connectivity index (χ2n) is 10.8. The van der Waals surface area contributed by atoms with Crippen LogP contribution in [0.5, 0.6) is 0 Å². The molecule has 12 heteroatoms. The van der Waals surface area contributed by atoms with Crippen molar-refractivity contribution in [1.29, 1.82) is 0 Å². The second kappa shape index (κ2) is 12.2. The topological polar surface area (TPSA) is 147 Å². The van der Waals surface area contributed by atoms with Gasteiger partial charge < -0.3 is 20.1 Å². The average Bonchev–Trinajstić information content (AvgIpc) is 3.33. The third-order valence-electron chi connectivity index (χ3n) is 7.91. The third-order valence-corrected chi connectivity index (χ3v) is 7.91. The van der Waals surface area contributed by atoms with Gasteiger partial charge in [0.2, 0.25) is 18.1 Å². The first-order valence-electron chi connectivity index (χ1n) is 14.3. The number of nitrogens with zero attached hydrogens (tertiary/aromatic N) is 3. The number of esters is 1. The second-order valence-corrected chi connectivity index (χ2v) is 10.8. The number of hydrogen-bond acceptors (Lipinski definition) is 8. The van der Waals surface area contributed by atoms with Gasteiger partial charge in [-0.15, -0.1) is 0 Å². The van der Waals surface area contributed by atoms with Crippen LogP contribution in [0.4, 0.5) is 0 Å². The quantitative estimate of drug-likeness (QED) is 0.400. The van der Waals surface area contributed by atoms with E-state index >= 15 is 0 Å². The van der Waals surface area contributed by atoms with Crippen LogP contribution in [-0.4, -0.2) is 75.6 Å². The van der Waals surface area contributed by atoms with Crippen molar-refractivity contribution < 1.29 is 33.4 Å². The Labute approximate surface area is 247 Å². The Kier molecular flexibility index (Phi) is 8.01. The summed E-state index contributed by atoms with van der Waals surface area (Å²) < 4.78 is 11.1. The summed E-state index contributed by atoms with van der Waals surface area (Å²) in [5.41, 5.74) is 1.04. The molecule has 0 saturated carbocycles. The summed E-state index contributed by atoms with van der Waals surface area (Å²) in [6, 6.07) is 15.6. The van der Waals surface area contributed by atoms with E-state index in [9.17, 15) is 24.0 Å². The van der Waals surface area contributed by atoms with Crippen molar-refractivity contribution in [3.05, 3.63) is 78.1 Å². The molecule has 0 aliphatic carbocycles. The Morgan fingerprint density at radius 1 is 0.977 bits per heavy atom. The molecular weight excluding hydrogens is 554 g/mol. The lowest BCUT2D eigenvalue weighted by Crippen LogP contribution is -2.64. The average molecular weight is 586 g/mol. The first-order chi connectivity index (χ1) is 20.9. The number of rotatable bonds is 7. The van der Waals surface area contributed by atoms with Crippen LogP contribution in [0.25, 0.3) is 10.8 Å². The lowest BCUT2D eigenvalue weighted by Gasteiger charge is -2.43.